The number of hydrazone groups is 1. The van der Waals surface area contributed by atoms with E-state index < -0.39 is 11.9 Å². The molecule has 0 bridgehead atoms. The summed E-state index contributed by atoms with van der Waals surface area (Å²) in [5.41, 5.74) is 3.33. The first-order valence-corrected chi connectivity index (χ1v) is 10.1. The average molecular weight is 473 g/mol. The molecular weight excluding hydrogens is 455 g/mol. The van der Waals surface area contributed by atoms with E-state index in [0.717, 1.165) is 0 Å². The number of rotatable bonds is 8. The Morgan fingerprint density at radius 2 is 1.75 bits per heavy atom. The second kappa shape index (κ2) is 11.2. The fourth-order valence-electron chi connectivity index (χ4n) is 2.51. The van der Waals surface area contributed by atoms with Gasteiger partial charge in [0, 0.05) is 10.0 Å². The Bertz CT molecular complexity index is 1130. The van der Waals surface area contributed by atoms with Gasteiger partial charge in [-0.15, -0.1) is 0 Å². The Kier molecular flexibility index (Phi) is 8.08. The first-order valence-electron chi connectivity index (χ1n) is 9.30. The van der Waals surface area contributed by atoms with E-state index in [-0.39, 0.29) is 12.4 Å². The summed E-state index contributed by atoms with van der Waals surface area (Å²) in [6.45, 7) is -0.222. The smallest absolute Gasteiger partial charge is 0.343 e. The van der Waals surface area contributed by atoms with Gasteiger partial charge in [0.2, 0.25) is 0 Å². The largest absolute Gasteiger partial charge is 0.493 e. The molecule has 0 atom stereocenters. The second-order valence-electron chi connectivity index (χ2n) is 6.35. The lowest BCUT2D eigenvalue weighted by atomic mass is 10.2. The van der Waals surface area contributed by atoms with Crippen LogP contribution in [0.3, 0.4) is 0 Å². The van der Waals surface area contributed by atoms with Crippen LogP contribution >= 0.6 is 23.2 Å². The van der Waals surface area contributed by atoms with E-state index in [1.807, 2.05) is 0 Å². The normalized spacial score (nSPS) is 10.6. The Balaban J connectivity index is 1.56. The number of carbonyl (C=O) groups is 2. The van der Waals surface area contributed by atoms with Crippen LogP contribution in [0, 0.1) is 0 Å². The molecule has 0 radical (unpaired) electrons. The summed E-state index contributed by atoms with van der Waals surface area (Å²) in [4.78, 5) is 24.2. The third-order valence-electron chi connectivity index (χ3n) is 4.04. The van der Waals surface area contributed by atoms with Crippen LogP contribution in [0.15, 0.2) is 71.8 Å². The number of halogens is 2. The van der Waals surface area contributed by atoms with Crippen LogP contribution in [0.1, 0.15) is 15.9 Å². The average Bonchev–Trinajstić information content (AvgIpc) is 2.79. The molecule has 0 aliphatic rings. The van der Waals surface area contributed by atoms with Gasteiger partial charge in [-0.25, -0.2) is 10.2 Å². The number of hydrogen-bond acceptors (Lipinski definition) is 6. The molecule has 0 aliphatic carbocycles. The fourth-order valence-corrected chi connectivity index (χ4v) is 2.82. The maximum Gasteiger partial charge on any atom is 0.343 e. The summed E-state index contributed by atoms with van der Waals surface area (Å²) in [5, 5.41) is 4.92. The highest BCUT2D eigenvalue weighted by atomic mass is 35.5. The Hall–Kier alpha value is -3.55. The van der Waals surface area contributed by atoms with Gasteiger partial charge in [-0.1, -0.05) is 29.3 Å². The van der Waals surface area contributed by atoms with E-state index in [4.69, 9.17) is 37.4 Å². The summed E-state index contributed by atoms with van der Waals surface area (Å²) in [6, 6.07) is 17.9. The maximum absolute atomic E-state index is 12.3. The summed E-state index contributed by atoms with van der Waals surface area (Å²) >= 11 is 11.7. The number of esters is 1. The lowest BCUT2D eigenvalue weighted by molar-refractivity contribution is -0.123. The van der Waals surface area contributed by atoms with Crippen molar-refractivity contribution >= 4 is 41.3 Å². The number of carbonyl (C=O) groups excluding carboxylic acids is 2. The highest BCUT2D eigenvalue weighted by molar-refractivity contribution is 6.31. The van der Waals surface area contributed by atoms with Crippen LogP contribution in [0.5, 0.6) is 17.2 Å². The van der Waals surface area contributed by atoms with Crippen molar-refractivity contribution in [2.75, 3.05) is 13.7 Å². The monoisotopic (exact) mass is 472 g/mol. The number of methoxy groups -OCH3 is 1. The number of nitrogens with zero attached hydrogens (tertiary/aromatic N) is 1. The van der Waals surface area contributed by atoms with Gasteiger partial charge in [-0.3, -0.25) is 4.79 Å². The molecule has 0 saturated heterocycles. The highest BCUT2D eigenvalue weighted by Gasteiger charge is 2.13. The van der Waals surface area contributed by atoms with Crippen molar-refractivity contribution in [3.8, 4) is 17.2 Å². The van der Waals surface area contributed by atoms with E-state index in [1.165, 1.54) is 13.3 Å². The van der Waals surface area contributed by atoms with E-state index >= 15 is 0 Å². The molecule has 1 amide bonds. The predicted octanol–water partition coefficient (Wildman–Crippen LogP) is 4.75. The van der Waals surface area contributed by atoms with Crippen LogP contribution < -0.4 is 19.6 Å². The predicted molar refractivity (Wildman–Crippen MR) is 122 cm³/mol. The number of benzene rings is 3. The van der Waals surface area contributed by atoms with Crippen LogP contribution in [-0.2, 0) is 4.79 Å². The summed E-state index contributed by atoms with van der Waals surface area (Å²) < 4.78 is 16.0. The molecule has 164 valence electrons. The Morgan fingerprint density at radius 1 is 0.969 bits per heavy atom. The van der Waals surface area contributed by atoms with Crippen molar-refractivity contribution in [3.05, 3.63) is 87.9 Å². The molecule has 7 nitrogen and oxygen atoms in total. The first-order chi connectivity index (χ1) is 15.4. The highest BCUT2D eigenvalue weighted by Crippen LogP contribution is 2.28. The minimum absolute atomic E-state index is 0.222. The number of hydrogen-bond donors (Lipinski definition) is 1. The quantitative estimate of drug-likeness (QED) is 0.221. The molecule has 0 heterocycles. The lowest BCUT2D eigenvalue weighted by Gasteiger charge is -2.10. The molecule has 0 aromatic heterocycles. The number of ether oxygens (including phenoxy) is 3. The van der Waals surface area contributed by atoms with Crippen molar-refractivity contribution in [2.45, 2.75) is 0 Å². The zero-order chi connectivity index (χ0) is 22.9. The van der Waals surface area contributed by atoms with Crippen molar-refractivity contribution < 1.29 is 23.8 Å². The van der Waals surface area contributed by atoms with Crippen molar-refractivity contribution in [1.29, 1.82) is 0 Å². The molecule has 9 heteroatoms. The standard InChI is InChI=1S/C23H18Cl2N2O5/c1-30-21-11-15(5-10-20(21)32-23(29)16-6-8-17(24)9-7-16)13-26-27-22(28)14-31-19-4-2-3-18(25)12-19/h2-13H,14H2,1H3,(H,27,28)/b26-13+. The molecule has 0 saturated carbocycles. The van der Waals surface area contributed by atoms with Gasteiger partial charge in [0.1, 0.15) is 5.75 Å². The topological polar surface area (TPSA) is 86.2 Å². The van der Waals surface area contributed by atoms with E-state index in [9.17, 15) is 9.59 Å². The summed E-state index contributed by atoms with van der Waals surface area (Å²) in [7, 11) is 1.45. The molecular formula is C23H18Cl2N2O5. The van der Waals surface area contributed by atoms with Crippen LogP contribution in [0.25, 0.3) is 0 Å². The molecule has 3 aromatic carbocycles. The van der Waals surface area contributed by atoms with Crippen molar-refractivity contribution in [1.82, 2.24) is 5.43 Å². The van der Waals surface area contributed by atoms with Crippen LogP contribution in [-0.4, -0.2) is 31.8 Å². The number of nitrogens with one attached hydrogen (secondary N) is 1. The third kappa shape index (κ3) is 6.73. The van der Waals surface area contributed by atoms with E-state index in [2.05, 4.69) is 10.5 Å². The SMILES string of the molecule is COc1cc(/C=N/NC(=O)COc2cccc(Cl)c2)ccc1OC(=O)c1ccc(Cl)cc1. The minimum atomic E-state index is -0.548. The van der Waals surface area contributed by atoms with Gasteiger partial charge in [0.25, 0.3) is 5.91 Å². The Labute approximate surface area is 194 Å². The molecule has 0 spiro atoms. The lowest BCUT2D eigenvalue weighted by Crippen LogP contribution is -2.24. The van der Waals surface area contributed by atoms with Gasteiger partial charge in [0.05, 0.1) is 18.9 Å². The van der Waals surface area contributed by atoms with Crippen LogP contribution in [0.2, 0.25) is 10.0 Å². The van der Waals surface area contributed by atoms with E-state index in [0.29, 0.717) is 32.7 Å². The Morgan fingerprint density at radius 3 is 2.47 bits per heavy atom. The van der Waals surface area contributed by atoms with Crippen molar-refractivity contribution in [2.24, 2.45) is 5.10 Å². The van der Waals surface area contributed by atoms with Crippen molar-refractivity contribution in [3.63, 3.8) is 0 Å². The van der Waals surface area contributed by atoms with Gasteiger partial charge in [-0.05, 0) is 66.2 Å². The van der Waals surface area contributed by atoms with Gasteiger partial charge in [-0.2, -0.15) is 5.10 Å². The molecule has 0 unspecified atom stereocenters. The zero-order valence-electron chi connectivity index (χ0n) is 16.9. The summed E-state index contributed by atoms with van der Waals surface area (Å²) in [5.74, 6) is 0.0515. The molecule has 3 aromatic rings. The van der Waals surface area contributed by atoms with Gasteiger partial charge in [0.15, 0.2) is 18.1 Å². The maximum atomic E-state index is 12.3. The van der Waals surface area contributed by atoms with Gasteiger partial charge < -0.3 is 14.2 Å². The van der Waals surface area contributed by atoms with E-state index in [1.54, 1.807) is 66.7 Å². The first kappa shape index (κ1) is 23.1. The van der Waals surface area contributed by atoms with Crippen LogP contribution in [0.4, 0.5) is 0 Å². The molecule has 32 heavy (non-hydrogen) atoms. The third-order valence-corrected chi connectivity index (χ3v) is 4.53. The van der Waals surface area contributed by atoms with Gasteiger partial charge >= 0.3 is 5.97 Å². The minimum Gasteiger partial charge on any atom is -0.493 e. The summed E-state index contributed by atoms with van der Waals surface area (Å²) in [6.07, 6.45) is 1.42. The molecule has 0 aliphatic heterocycles. The second-order valence-corrected chi connectivity index (χ2v) is 7.22. The molecule has 0 fully saturated rings. The molecule has 3 rings (SSSR count). The number of amides is 1. The molecule has 1 N–H and O–H groups in total. The zero-order valence-corrected chi connectivity index (χ0v) is 18.4. The fraction of sp³-hybridized carbons (Fsp3) is 0.0870.